The monoisotopic (exact) mass is 1220 g/mol. The molecule has 6 nitrogen and oxygen atoms in total. The molecule has 0 aromatic carbocycles. The Bertz CT molecular complexity index is 1410. The summed E-state index contributed by atoms with van der Waals surface area (Å²) in [5.74, 6) is -0.0435. The average Bonchev–Trinajstić information content (AvgIpc) is 3.53. The predicted octanol–water partition coefficient (Wildman–Crippen LogP) is 26.2. The lowest BCUT2D eigenvalue weighted by Gasteiger charge is -2.20. The largest absolute Gasteiger partial charge is 0.466 e. The van der Waals surface area contributed by atoms with Crippen molar-refractivity contribution in [3.63, 3.8) is 0 Å². The number of allylic oxidation sites excluding steroid dienone is 5. The number of amides is 1. The van der Waals surface area contributed by atoms with E-state index in [0.717, 1.165) is 51.4 Å². The van der Waals surface area contributed by atoms with E-state index in [2.05, 4.69) is 43.5 Å². The molecule has 0 saturated heterocycles. The lowest BCUT2D eigenvalue weighted by molar-refractivity contribution is -0.143. The Balaban J connectivity index is 3.32. The van der Waals surface area contributed by atoms with Crippen LogP contribution < -0.4 is 5.32 Å². The van der Waals surface area contributed by atoms with E-state index in [9.17, 15) is 19.8 Å². The smallest absolute Gasteiger partial charge is 0.305 e. The van der Waals surface area contributed by atoms with E-state index in [-0.39, 0.29) is 18.5 Å². The maximum atomic E-state index is 12.5. The number of carbonyl (C=O) groups is 2. The third-order valence-electron chi connectivity index (χ3n) is 18.7. The first-order chi connectivity index (χ1) is 43.0. The number of nitrogens with one attached hydrogen (secondary N) is 1. The highest BCUT2D eigenvalue weighted by Gasteiger charge is 2.18. The predicted molar refractivity (Wildman–Crippen MR) is 384 cm³/mol. The summed E-state index contributed by atoms with van der Waals surface area (Å²) in [6.45, 7) is 4.93. The Labute approximate surface area is 544 Å². The van der Waals surface area contributed by atoms with Crippen LogP contribution in [0.25, 0.3) is 0 Å². The second-order valence-corrected chi connectivity index (χ2v) is 27.4. The maximum absolute atomic E-state index is 12.5. The van der Waals surface area contributed by atoms with Crippen LogP contribution in [0.1, 0.15) is 444 Å². The van der Waals surface area contributed by atoms with Crippen LogP contribution in [-0.2, 0) is 14.3 Å². The zero-order chi connectivity index (χ0) is 62.8. The topological polar surface area (TPSA) is 95.9 Å². The number of hydrogen-bond donors (Lipinski definition) is 3. The summed E-state index contributed by atoms with van der Waals surface area (Å²) < 4.78 is 5.51. The van der Waals surface area contributed by atoms with Gasteiger partial charge in [0.2, 0.25) is 5.91 Å². The summed E-state index contributed by atoms with van der Waals surface area (Å²) >= 11 is 0. The highest BCUT2D eigenvalue weighted by Crippen LogP contribution is 2.20. The van der Waals surface area contributed by atoms with Gasteiger partial charge in [-0.3, -0.25) is 9.59 Å². The summed E-state index contributed by atoms with van der Waals surface area (Å²) in [6, 6.07) is -0.624. The van der Waals surface area contributed by atoms with Crippen molar-refractivity contribution < 1.29 is 24.5 Å². The Hall–Kier alpha value is -1.92. The molecular formula is C81H155NO5. The summed E-state index contributed by atoms with van der Waals surface area (Å²) in [4.78, 5) is 24.6. The van der Waals surface area contributed by atoms with E-state index >= 15 is 0 Å². The van der Waals surface area contributed by atoms with E-state index in [1.54, 1.807) is 6.08 Å². The molecule has 0 bridgehead atoms. The molecule has 0 fully saturated rings. The zero-order valence-corrected chi connectivity index (χ0v) is 59.0. The molecule has 0 saturated carbocycles. The minimum Gasteiger partial charge on any atom is -0.466 e. The minimum atomic E-state index is -0.841. The van der Waals surface area contributed by atoms with Crippen molar-refractivity contribution in [2.45, 2.75) is 456 Å². The summed E-state index contributed by atoms with van der Waals surface area (Å²) in [7, 11) is 0. The first-order valence-corrected chi connectivity index (χ1v) is 39.8. The molecular weight excluding hydrogens is 1070 g/mol. The number of hydrogen-bond acceptors (Lipinski definition) is 5. The van der Waals surface area contributed by atoms with Crippen LogP contribution in [0.15, 0.2) is 36.5 Å². The molecule has 0 radical (unpaired) electrons. The first kappa shape index (κ1) is 85.1. The van der Waals surface area contributed by atoms with Crippen LogP contribution in [0.4, 0.5) is 0 Å². The number of esters is 1. The van der Waals surface area contributed by atoms with Gasteiger partial charge >= 0.3 is 5.97 Å². The average molecular weight is 1220 g/mol. The highest BCUT2D eigenvalue weighted by molar-refractivity contribution is 5.76. The molecule has 0 spiro atoms. The van der Waals surface area contributed by atoms with Gasteiger partial charge in [-0.25, -0.2) is 0 Å². The van der Waals surface area contributed by atoms with Crippen molar-refractivity contribution in [1.82, 2.24) is 5.32 Å². The van der Waals surface area contributed by atoms with Gasteiger partial charge in [0.05, 0.1) is 25.4 Å². The van der Waals surface area contributed by atoms with Crippen LogP contribution in [0.5, 0.6) is 0 Å². The van der Waals surface area contributed by atoms with E-state index in [1.165, 1.54) is 366 Å². The van der Waals surface area contributed by atoms with Crippen LogP contribution in [0, 0.1) is 0 Å². The SMILES string of the molecule is CCCCCC/C=C\C/C=C\CCCCCCCCCC(=O)OCCCCCCCCCCCCCCCCCCCCCCCCCCCCCCCCCCCCCC(=O)NC(CO)C(O)/C=C/CCCCCCCCCCCCCCCCC. The van der Waals surface area contributed by atoms with Crippen molar-refractivity contribution >= 4 is 11.9 Å². The molecule has 87 heavy (non-hydrogen) atoms. The van der Waals surface area contributed by atoms with Gasteiger partial charge in [-0.05, 0) is 64.2 Å². The Kier molecular flexibility index (Phi) is 74.8. The van der Waals surface area contributed by atoms with Gasteiger partial charge in [-0.15, -0.1) is 0 Å². The molecule has 514 valence electrons. The van der Waals surface area contributed by atoms with Crippen molar-refractivity contribution in [3.8, 4) is 0 Å². The molecule has 0 aliphatic rings. The van der Waals surface area contributed by atoms with Gasteiger partial charge in [-0.2, -0.15) is 0 Å². The second kappa shape index (κ2) is 76.5. The Morgan fingerprint density at radius 1 is 0.322 bits per heavy atom. The van der Waals surface area contributed by atoms with Crippen LogP contribution in [0.3, 0.4) is 0 Å². The number of rotatable bonds is 75. The first-order valence-electron chi connectivity index (χ1n) is 39.8. The second-order valence-electron chi connectivity index (χ2n) is 27.4. The summed E-state index contributed by atoms with van der Waals surface area (Å²) in [6.07, 6.45) is 99.9. The molecule has 0 aliphatic heterocycles. The fourth-order valence-corrected chi connectivity index (χ4v) is 12.6. The fourth-order valence-electron chi connectivity index (χ4n) is 12.6. The zero-order valence-electron chi connectivity index (χ0n) is 59.0. The third-order valence-corrected chi connectivity index (χ3v) is 18.7. The molecule has 1 amide bonds. The summed E-state index contributed by atoms with van der Waals surface area (Å²) in [5, 5.41) is 23.2. The van der Waals surface area contributed by atoms with E-state index in [4.69, 9.17) is 4.74 Å². The highest BCUT2D eigenvalue weighted by atomic mass is 16.5. The van der Waals surface area contributed by atoms with Crippen molar-refractivity contribution in [3.05, 3.63) is 36.5 Å². The van der Waals surface area contributed by atoms with E-state index in [0.29, 0.717) is 19.4 Å². The van der Waals surface area contributed by atoms with Crippen LogP contribution in [0.2, 0.25) is 0 Å². The van der Waals surface area contributed by atoms with Crippen molar-refractivity contribution in [2.24, 2.45) is 0 Å². The molecule has 0 aromatic heterocycles. The van der Waals surface area contributed by atoms with Gasteiger partial charge in [-0.1, -0.05) is 403 Å². The molecule has 6 heteroatoms. The van der Waals surface area contributed by atoms with Gasteiger partial charge in [0.25, 0.3) is 0 Å². The number of unbranched alkanes of at least 4 members (excludes halogenated alkanes) is 60. The summed E-state index contributed by atoms with van der Waals surface area (Å²) in [5.41, 5.74) is 0. The lowest BCUT2D eigenvalue weighted by Crippen LogP contribution is -2.45. The number of aliphatic hydroxyl groups is 2. The van der Waals surface area contributed by atoms with Gasteiger partial charge < -0.3 is 20.3 Å². The van der Waals surface area contributed by atoms with Crippen molar-refractivity contribution in [1.29, 1.82) is 0 Å². The molecule has 0 rings (SSSR count). The van der Waals surface area contributed by atoms with Crippen molar-refractivity contribution in [2.75, 3.05) is 13.2 Å². The molecule has 0 aliphatic carbocycles. The van der Waals surface area contributed by atoms with E-state index in [1.807, 2.05) is 6.08 Å². The molecule has 3 N–H and O–H groups in total. The Morgan fingerprint density at radius 3 is 0.885 bits per heavy atom. The van der Waals surface area contributed by atoms with Gasteiger partial charge in [0.15, 0.2) is 0 Å². The van der Waals surface area contributed by atoms with Gasteiger partial charge in [0, 0.05) is 12.8 Å². The Morgan fingerprint density at radius 2 is 0.575 bits per heavy atom. The standard InChI is InChI=1S/C81H155NO5/c1-3-5-7-9-11-13-15-17-19-21-43-47-51-55-59-63-67-71-75-81(86)87-76-72-68-64-60-56-52-48-44-40-38-36-34-32-30-28-26-24-22-23-25-27-29-31-33-35-37-39-42-46-50-54-58-62-66-70-74-80(85)82-78(77-83)79(84)73-69-65-61-57-53-49-45-41-20-18-16-14-12-10-8-6-4-2/h13,15,19,21,69,73,78-79,83-84H,3-12,14,16-18,20,22-68,70-72,74-77H2,1-2H3,(H,82,85)/b15-13-,21-19-,73-69+. The number of carbonyl (C=O) groups excluding carboxylic acids is 2. The normalized spacial score (nSPS) is 12.6. The lowest BCUT2D eigenvalue weighted by atomic mass is 10.0. The number of aliphatic hydroxyl groups excluding tert-OH is 2. The third kappa shape index (κ3) is 73.0. The molecule has 0 heterocycles. The maximum Gasteiger partial charge on any atom is 0.305 e. The number of ether oxygens (including phenoxy) is 1. The van der Waals surface area contributed by atoms with Crippen LogP contribution >= 0.6 is 0 Å². The minimum absolute atomic E-state index is 0.0157. The van der Waals surface area contributed by atoms with Crippen LogP contribution in [-0.4, -0.2) is 47.4 Å². The molecule has 2 atom stereocenters. The fraction of sp³-hybridized carbons (Fsp3) is 0.901. The molecule has 2 unspecified atom stereocenters. The molecule has 0 aromatic rings. The quantitative estimate of drug-likeness (QED) is 0.0320. The van der Waals surface area contributed by atoms with Gasteiger partial charge in [0.1, 0.15) is 0 Å². The van der Waals surface area contributed by atoms with E-state index < -0.39 is 12.1 Å².